The van der Waals surface area contributed by atoms with Gasteiger partial charge in [0.2, 0.25) is 5.91 Å². The molecule has 12 nitrogen and oxygen atoms in total. The number of pyridine rings is 1. The van der Waals surface area contributed by atoms with Gasteiger partial charge in [0.05, 0.1) is 5.25 Å². The van der Waals surface area contributed by atoms with E-state index in [2.05, 4.69) is 28.2 Å². The standard InChI is InChI=1S/C17H19N7O5S2/c1-9(25)24(22-5-3-10(26)4-6-22)11-14(27)23-7-17(16(28)29,8-31-15(11)23)12(30)13-18-19-20-21(13)2/h3-6,11-12,15,30H,7-8H2,1-2H3,(H,28,29)/t11?,12?,15-,17?/m1/s1. The van der Waals surface area contributed by atoms with Gasteiger partial charge in [0.25, 0.3) is 5.91 Å². The van der Waals surface area contributed by atoms with Crippen molar-refractivity contribution in [2.75, 3.05) is 17.3 Å². The fourth-order valence-corrected chi connectivity index (χ4v) is 6.09. The second kappa shape index (κ2) is 7.67. The number of nitrogens with zero attached hydrogens (tertiary/aromatic N) is 7. The maximum absolute atomic E-state index is 13.0. The highest BCUT2D eigenvalue weighted by Crippen LogP contribution is 2.50. The fraction of sp³-hybridized carbons (Fsp3) is 0.471. The quantitative estimate of drug-likeness (QED) is 0.415. The van der Waals surface area contributed by atoms with E-state index in [1.807, 2.05) is 0 Å². The van der Waals surface area contributed by atoms with Gasteiger partial charge in [-0.15, -0.1) is 16.9 Å². The number of carboxylic acids is 1. The number of fused-ring (bicyclic) bond motifs is 1. The molecule has 3 unspecified atom stereocenters. The number of thiol groups is 1. The average Bonchev–Trinajstić information content (AvgIpc) is 3.16. The first kappa shape index (κ1) is 21.4. The number of β-lactam (4-membered cyclic amide) rings is 1. The zero-order valence-electron chi connectivity index (χ0n) is 16.5. The van der Waals surface area contributed by atoms with E-state index in [0.717, 1.165) is 0 Å². The highest BCUT2D eigenvalue weighted by molar-refractivity contribution is 8.00. The molecule has 31 heavy (non-hydrogen) atoms. The Labute approximate surface area is 185 Å². The fourth-order valence-electron chi connectivity index (χ4n) is 3.84. The summed E-state index contributed by atoms with van der Waals surface area (Å²) in [5.74, 6) is -1.44. The molecule has 0 bridgehead atoms. The second-order valence-electron chi connectivity index (χ2n) is 7.41. The molecule has 2 amide bonds. The largest absolute Gasteiger partial charge is 0.481 e. The Bertz CT molecular complexity index is 1100. The molecule has 2 aromatic rings. The number of carbonyl (C=O) groups excluding carboxylic acids is 2. The van der Waals surface area contributed by atoms with Crippen LogP contribution in [-0.4, -0.2) is 76.4 Å². The van der Waals surface area contributed by atoms with Gasteiger partial charge in [0.1, 0.15) is 10.8 Å². The van der Waals surface area contributed by atoms with Gasteiger partial charge in [-0.2, -0.15) is 12.6 Å². The first-order valence-corrected chi connectivity index (χ1v) is 10.8. The topological polar surface area (TPSA) is 144 Å². The minimum Gasteiger partial charge on any atom is -0.481 e. The number of carboxylic acid groups (broad SMARTS) is 1. The molecule has 2 fully saturated rings. The summed E-state index contributed by atoms with van der Waals surface area (Å²) in [4.78, 5) is 50.5. The third-order valence-corrected chi connectivity index (χ3v) is 7.80. The van der Waals surface area contributed by atoms with E-state index in [4.69, 9.17) is 0 Å². The zero-order chi connectivity index (χ0) is 22.5. The maximum Gasteiger partial charge on any atom is 0.313 e. The number of amides is 2. The summed E-state index contributed by atoms with van der Waals surface area (Å²) in [5, 5.41) is 21.2. The Morgan fingerprint density at radius 2 is 2.03 bits per heavy atom. The first-order chi connectivity index (χ1) is 14.7. The molecule has 4 heterocycles. The number of rotatable bonds is 5. The van der Waals surface area contributed by atoms with Crippen molar-refractivity contribution >= 4 is 42.2 Å². The van der Waals surface area contributed by atoms with Crippen LogP contribution in [0, 0.1) is 5.41 Å². The lowest BCUT2D eigenvalue weighted by atomic mass is 9.83. The predicted molar refractivity (Wildman–Crippen MR) is 112 cm³/mol. The smallest absolute Gasteiger partial charge is 0.313 e. The molecular weight excluding hydrogens is 446 g/mol. The molecule has 0 spiro atoms. The number of carbonyl (C=O) groups is 3. The molecule has 2 aliphatic heterocycles. The van der Waals surface area contributed by atoms with E-state index in [0.29, 0.717) is 0 Å². The molecule has 164 valence electrons. The molecule has 2 aliphatic rings. The minimum absolute atomic E-state index is 0.0910. The first-order valence-electron chi connectivity index (χ1n) is 9.21. The van der Waals surface area contributed by atoms with Crippen LogP contribution in [0.3, 0.4) is 0 Å². The Morgan fingerprint density at radius 3 is 2.58 bits per heavy atom. The Hall–Kier alpha value is -2.87. The number of hydrogen-bond acceptors (Lipinski definition) is 9. The van der Waals surface area contributed by atoms with Crippen molar-refractivity contribution in [2.24, 2.45) is 12.5 Å². The molecule has 4 rings (SSSR count). The van der Waals surface area contributed by atoms with Crippen molar-refractivity contribution < 1.29 is 19.5 Å². The van der Waals surface area contributed by atoms with E-state index in [-0.39, 0.29) is 35.4 Å². The molecule has 2 aromatic heterocycles. The molecule has 0 aromatic carbocycles. The summed E-state index contributed by atoms with van der Waals surface area (Å²) < 4.78 is 2.75. The highest BCUT2D eigenvalue weighted by Gasteiger charge is 2.62. The van der Waals surface area contributed by atoms with Gasteiger partial charge in [-0.05, 0) is 10.4 Å². The van der Waals surface area contributed by atoms with Crippen molar-refractivity contribution in [2.45, 2.75) is 23.6 Å². The van der Waals surface area contributed by atoms with Gasteiger partial charge in [0, 0.05) is 50.8 Å². The van der Waals surface area contributed by atoms with Gasteiger partial charge in [-0.1, -0.05) is 0 Å². The second-order valence-corrected chi connectivity index (χ2v) is 9.04. The summed E-state index contributed by atoms with van der Waals surface area (Å²) in [6.45, 7) is 1.24. The summed E-state index contributed by atoms with van der Waals surface area (Å²) in [7, 11) is 1.59. The third kappa shape index (κ3) is 3.29. The minimum atomic E-state index is -1.41. The lowest BCUT2D eigenvalue weighted by molar-refractivity contribution is -0.158. The van der Waals surface area contributed by atoms with Crippen molar-refractivity contribution in [1.29, 1.82) is 0 Å². The number of tetrazole rings is 1. The molecule has 2 saturated heterocycles. The van der Waals surface area contributed by atoms with Gasteiger partial charge >= 0.3 is 5.97 Å². The SMILES string of the molecule is CC(=O)N(C1C(=O)N2CC(C(=O)O)(C(S)c3nnnn3C)CS[C@H]12)n1ccc(=O)cc1. The van der Waals surface area contributed by atoms with Crippen LogP contribution in [0.2, 0.25) is 0 Å². The highest BCUT2D eigenvalue weighted by atomic mass is 32.2. The van der Waals surface area contributed by atoms with Crippen LogP contribution >= 0.6 is 24.4 Å². The van der Waals surface area contributed by atoms with Gasteiger partial charge < -0.3 is 10.0 Å². The lowest BCUT2D eigenvalue weighted by Crippen LogP contribution is -2.76. The molecule has 14 heteroatoms. The average molecular weight is 466 g/mol. The van der Waals surface area contributed by atoms with Gasteiger partial charge in [-0.25, -0.2) is 9.69 Å². The summed E-state index contributed by atoms with van der Waals surface area (Å²) in [5.41, 5.74) is -1.64. The molecular formula is C17H19N7O5S2. The van der Waals surface area contributed by atoms with Crippen LogP contribution in [0.25, 0.3) is 0 Å². The third-order valence-electron chi connectivity index (χ3n) is 5.54. The molecule has 1 N–H and O–H groups in total. The Balaban J connectivity index is 1.62. The van der Waals surface area contributed by atoms with Gasteiger partial charge in [-0.3, -0.25) is 23.9 Å². The zero-order valence-corrected chi connectivity index (χ0v) is 18.2. The molecule has 0 radical (unpaired) electrons. The van der Waals surface area contributed by atoms with Crippen LogP contribution in [0.5, 0.6) is 0 Å². The number of aryl methyl sites for hydroxylation is 1. The lowest BCUT2D eigenvalue weighted by Gasteiger charge is -2.56. The number of thioether (sulfide) groups is 1. The van der Waals surface area contributed by atoms with Gasteiger partial charge in [0.15, 0.2) is 17.3 Å². The van der Waals surface area contributed by atoms with Crippen molar-refractivity contribution in [3.05, 3.63) is 40.6 Å². The number of aromatic nitrogens is 5. The summed E-state index contributed by atoms with van der Waals surface area (Å²) in [6.07, 6.45) is 2.83. The number of hydrogen-bond donors (Lipinski definition) is 2. The predicted octanol–water partition coefficient (Wildman–Crippen LogP) is -1.12. The molecule has 0 saturated carbocycles. The van der Waals surface area contributed by atoms with Crippen LogP contribution < -0.4 is 10.4 Å². The Kier molecular flexibility index (Phi) is 5.29. The molecule has 0 aliphatic carbocycles. The molecule has 4 atom stereocenters. The van der Waals surface area contributed by atoms with Crippen LogP contribution in [0.1, 0.15) is 18.0 Å². The maximum atomic E-state index is 13.0. The van der Waals surface area contributed by atoms with E-state index in [1.54, 1.807) is 7.05 Å². The Morgan fingerprint density at radius 1 is 1.35 bits per heavy atom. The van der Waals surface area contributed by atoms with E-state index in [1.165, 1.54) is 62.5 Å². The number of aliphatic carboxylic acids is 1. The van der Waals surface area contributed by atoms with Crippen LogP contribution in [0.15, 0.2) is 29.3 Å². The summed E-state index contributed by atoms with van der Waals surface area (Å²) >= 11 is 5.78. The van der Waals surface area contributed by atoms with Crippen LogP contribution in [-0.2, 0) is 21.4 Å². The van der Waals surface area contributed by atoms with Crippen molar-refractivity contribution in [3.8, 4) is 0 Å². The van der Waals surface area contributed by atoms with E-state index < -0.39 is 28.0 Å². The van der Waals surface area contributed by atoms with E-state index in [9.17, 15) is 24.3 Å². The monoisotopic (exact) mass is 465 g/mol. The normalized spacial score (nSPS) is 26.0. The van der Waals surface area contributed by atoms with Crippen molar-refractivity contribution in [1.82, 2.24) is 29.8 Å². The summed E-state index contributed by atoms with van der Waals surface area (Å²) in [6, 6.07) is 1.77. The van der Waals surface area contributed by atoms with E-state index >= 15 is 0 Å². The van der Waals surface area contributed by atoms with Crippen LogP contribution in [0.4, 0.5) is 0 Å². The van der Waals surface area contributed by atoms with Crippen molar-refractivity contribution in [3.63, 3.8) is 0 Å².